The summed E-state index contributed by atoms with van der Waals surface area (Å²) in [6, 6.07) is 0. The number of nitrogens with zero attached hydrogens (tertiary/aromatic N) is 2. The van der Waals surface area contributed by atoms with Crippen LogP contribution in [0.2, 0.25) is 0 Å². The maximum atomic E-state index is 10.8. The molecule has 1 amide bonds. The van der Waals surface area contributed by atoms with Crippen LogP contribution in [0.5, 0.6) is 0 Å². The van der Waals surface area contributed by atoms with E-state index in [-0.39, 0.29) is 5.91 Å². The van der Waals surface area contributed by atoms with Gasteiger partial charge in [0.1, 0.15) is 5.82 Å². The molecule has 0 saturated carbocycles. The van der Waals surface area contributed by atoms with Crippen LogP contribution < -0.4 is 5.32 Å². The van der Waals surface area contributed by atoms with Crippen molar-refractivity contribution in [2.75, 3.05) is 6.54 Å². The monoisotopic (exact) mass is 207 g/mol. The average Bonchev–Trinajstić information content (AvgIpc) is 2.63. The summed E-state index contributed by atoms with van der Waals surface area (Å²) in [6.45, 7) is 7.03. The normalized spacial score (nSPS) is 9.93. The molecular formula is C11H17N3O. The highest BCUT2D eigenvalue weighted by atomic mass is 16.1. The first kappa shape index (κ1) is 11.5. The zero-order valence-electron chi connectivity index (χ0n) is 9.07. The summed E-state index contributed by atoms with van der Waals surface area (Å²) in [4.78, 5) is 15.0. The molecule has 1 N–H and O–H groups in total. The summed E-state index contributed by atoms with van der Waals surface area (Å²) in [7, 11) is 0. The molecule has 4 heteroatoms. The van der Waals surface area contributed by atoms with Crippen LogP contribution in [-0.4, -0.2) is 22.0 Å². The Labute approximate surface area is 90.0 Å². The SMILES string of the molecule is C=CC(=O)NCCCCn1ccnc1C. The average molecular weight is 207 g/mol. The van der Waals surface area contributed by atoms with E-state index in [0.29, 0.717) is 6.54 Å². The molecule has 1 heterocycles. The topological polar surface area (TPSA) is 46.9 Å². The number of rotatable bonds is 6. The Hall–Kier alpha value is -1.58. The molecule has 0 bridgehead atoms. The van der Waals surface area contributed by atoms with Gasteiger partial charge in [0.25, 0.3) is 0 Å². The second-order valence-electron chi connectivity index (χ2n) is 3.37. The number of hydrogen-bond acceptors (Lipinski definition) is 2. The highest BCUT2D eigenvalue weighted by Gasteiger charge is 1.96. The van der Waals surface area contributed by atoms with E-state index in [4.69, 9.17) is 0 Å². The van der Waals surface area contributed by atoms with E-state index in [9.17, 15) is 4.79 Å². The smallest absolute Gasteiger partial charge is 0.243 e. The number of unbranched alkanes of at least 4 members (excludes halogenated alkanes) is 1. The van der Waals surface area contributed by atoms with Crippen LogP contribution in [0, 0.1) is 6.92 Å². The lowest BCUT2D eigenvalue weighted by Crippen LogP contribution is -2.22. The molecule has 0 aromatic carbocycles. The van der Waals surface area contributed by atoms with Crippen molar-refractivity contribution in [2.45, 2.75) is 26.3 Å². The van der Waals surface area contributed by atoms with Gasteiger partial charge in [-0.25, -0.2) is 4.98 Å². The van der Waals surface area contributed by atoms with Crippen molar-refractivity contribution in [3.63, 3.8) is 0 Å². The zero-order valence-corrected chi connectivity index (χ0v) is 9.07. The van der Waals surface area contributed by atoms with E-state index in [2.05, 4.69) is 21.4 Å². The fourth-order valence-corrected chi connectivity index (χ4v) is 1.33. The zero-order chi connectivity index (χ0) is 11.1. The third-order valence-corrected chi connectivity index (χ3v) is 2.23. The fraction of sp³-hybridized carbons (Fsp3) is 0.455. The third-order valence-electron chi connectivity index (χ3n) is 2.23. The highest BCUT2D eigenvalue weighted by Crippen LogP contribution is 1.98. The molecule has 0 saturated heterocycles. The molecule has 1 aromatic heterocycles. The predicted molar refractivity (Wildman–Crippen MR) is 59.4 cm³/mol. The lowest BCUT2D eigenvalue weighted by Gasteiger charge is -2.05. The molecule has 1 aromatic rings. The van der Waals surface area contributed by atoms with E-state index >= 15 is 0 Å². The Morgan fingerprint density at radius 3 is 3.07 bits per heavy atom. The van der Waals surface area contributed by atoms with Crippen molar-refractivity contribution in [3.8, 4) is 0 Å². The van der Waals surface area contributed by atoms with E-state index in [1.54, 1.807) is 6.20 Å². The second-order valence-corrected chi connectivity index (χ2v) is 3.37. The summed E-state index contributed by atoms with van der Waals surface area (Å²) in [5.41, 5.74) is 0. The Morgan fingerprint density at radius 1 is 1.67 bits per heavy atom. The number of imidazole rings is 1. The maximum Gasteiger partial charge on any atom is 0.243 e. The van der Waals surface area contributed by atoms with Crippen LogP contribution in [0.1, 0.15) is 18.7 Å². The minimum absolute atomic E-state index is 0.103. The van der Waals surface area contributed by atoms with Crippen molar-refractivity contribution in [1.82, 2.24) is 14.9 Å². The number of aromatic nitrogens is 2. The first-order valence-corrected chi connectivity index (χ1v) is 5.12. The molecular weight excluding hydrogens is 190 g/mol. The summed E-state index contributed by atoms with van der Waals surface area (Å²) in [6.07, 6.45) is 7.07. The van der Waals surface area contributed by atoms with E-state index in [1.165, 1.54) is 6.08 Å². The minimum Gasteiger partial charge on any atom is -0.353 e. The van der Waals surface area contributed by atoms with Crippen molar-refractivity contribution in [3.05, 3.63) is 30.9 Å². The Kier molecular flexibility index (Phi) is 4.60. The molecule has 1 rings (SSSR count). The molecule has 0 aliphatic heterocycles. The fourth-order valence-electron chi connectivity index (χ4n) is 1.33. The van der Waals surface area contributed by atoms with E-state index < -0.39 is 0 Å². The highest BCUT2D eigenvalue weighted by molar-refractivity contribution is 5.86. The van der Waals surface area contributed by atoms with Crippen LogP contribution in [0.15, 0.2) is 25.0 Å². The van der Waals surface area contributed by atoms with Crippen LogP contribution in [0.3, 0.4) is 0 Å². The summed E-state index contributed by atoms with van der Waals surface area (Å²) in [5, 5.41) is 2.75. The van der Waals surface area contributed by atoms with Gasteiger partial charge in [-0.3, -0.25) is 4.79 Å². The van der Waals surface area contributed by atoms with Gasteiger partial charge >= 0.3 is 0 Å². The molecule has 0 unspecified atom stereocenters. The van der Waals surface area contributed by atoms with Gasteiger partial charge in [0.05, 0.1) is 0 Å². The van der Waals surface area contributed by atoms with E-state index in [1.807, 2.05) is 13.1 Å². The quantitative estimate of drug-likeness (QED) is 0.564. The molecule has 82 valence electrons. The van der Waals surface area contributed by atoms with Crippen molar-refractivity contribution >= 4 is 5.91 Å². The van der Waals surface area contributed by atoms with Crippen molar-refractivity contribution in [1.29, 1.82) is 0 Å². The van der Waals surface area contributed by atoms with Crippen LogP contribution >= 0.6 is 0 Å². The standard InChI is InChI=1S/C11H17N3O/c1-3-11(15)13-6-4-5-8-14-9-7-12-10(14)2/h3,7,9H,1,4-6,8H2,2H3,(H,13,15). The molecule has 4 nitrogen and oxygen atoms in total. The van der Waals surface area contributed by atoms with Crippen molar-refractivity contribution < 1.29 is 4.79 Å². The number of amides is 1. The summed E-state index contributed by atoms with van der Waals surface area (Å²) in [5.74, 6) is 0.930. The van der Waals surface area contributed by atoms with Gasteiger partial charge in [0.2, 0.25) is 5.91 Å². The minimum atomic E-state index is -0.103. The number of aryl methyl sites for hydroxylation is 2. The number of nitrogens with one attached hydrogen (secondary N) is 1. The molecule has 0 radical (unpaired) electrons. The predicted octanol–water partition coefficient (Wildman–Crippen LogP) is 1.27. The molecule has 0 atom stereocenters. The van der Waals surface area contributed by atoms with Gasteiger partial charge in [-0.1, -0.05) is 6.58 Å². The van der Waals surface area contributed by atoms with Gasteiger partial charge in [-0.2, -0.15) is 0 Å². The first-order valence-electron chi connectivity index (χ1n) is 5.12. The lowest BCUT2D eigenvalue weighted by molar-refractivity contribution is -0.116. The van der Waals surface area contributed by atoms with Crippen LogP contribution in [-0.2, 0) is 11.3 Å². The summed E-state index contributed by atoms with van der Waals surface area (Å²) < 4.78 is 2.11. The lowest BCUT2D eigenvalue weighted by atomic mass is 10.3. The van der Waals surface area contributed by atoms with Gasteiger partial charge < -0.3 is 9.88 Å². The van der Waals surface area contributed by atoms with Gasteiger partial charge in [-0.05, 0) is 25.8 Å². The molecule has 0 aliphatic rings. The van der Waals surface area contributed by atoms with E-state index in [0.717, 1.165) is 25.2 Å². The number of carbonyl (C=O) groups is 1. The Morgan fingerprint density at radius 2 is 2.47 bits per heavy atom. The molecule has 0 fully saturated rings. The van der Waals surface area contributed by atoms with Crippen molar-refractivity contribution in [2.24, 2.45) is 0 Å². The summed E-state index contributed by atoms with van der Waals surface area (Å²) >= 11 is 0. The molecule has 0 aliphatic carbocycles. The second kappa shape index (κ2) is 6.01. The van der Waals surface area contributed by atoms with Gasteiger partial charge in [0, 0.05) is 25.5 Å². The maximum absolute atomic E-state index is 10.8. The van der Waals surface area contributed by atoms with Crippen LogP contribution in [0.25, 0.3) is 0 Å². The first-order chi connectivity index (χ1) is 7.24. The number of hydrogen-bond donors (Lipinski definition) is 1. The van der Waals surface area contributed by atoms with Gasteiger partial charge in [0.15, 0.2) is 0 Å². The molecule has 0 spiro atoms. The Balaban J connectivity index is 2.10. The molecule has 15 heavy (non-hydrogen) atoms. The van der Waals surface area contributed by atoms with Crippen LogP contribution in [0.4, 0.5) is 0 Å². The van der Waals surface area contributed by atoms with Gasteiger partial charge in [-0.15, -0.1) is 0 Å². The Bertz CT molecular complexity index is 330. The third kappa shape index (κ3) is 3.97. The largest absolute Gasteiger partial charge is 0.353 e. The number of carbonyl (C=O) groups excluding carboxylic acids is 1.